The third-order valence-electron chi connectivity index (χ3n) is 4.87. The van der Waals surface area contributed by atoms with E-state index in [0.29, 0.717) is 43.0 Å². The van der Waals surface area contributed by atoms with Crippen LogP contribution >= 0.6 is 0 Å². The molecule has 148 valence electrons. The van der Waals surface area contributed by atoms with Crippen LogP contribution in [0.5, 0.6) is 11.5 Å². The maximum atomic E-state index is 13.0. The van der Waals surface area contributed by atoms with Crippen LogP contribution in [0.2, 0.25) is 0 Å². The molecule has 1 aliphatic carbocycles. The van der Waals surface area contributed by atoms with Crippen LogP contribution in [0.3, 0.4) is 0 Å². The summed E-state index contributed by atoms with van der Waals surface area (Å²) in [6, 6.07) is 11.0. The average Bonchev–Trinajstić information content (AvgIpc) is 3.51. The lowest BCUT2D eigenvalue weighted by Gasteiger charge is -2.16. The molecule has 6 nitrogen and oxygen atoms in total. The Morgan fingerprint density at radius 2 is 1.68 bits per heavy atom. The van der Waals surface area contributed by atoms with Crippen molar-refractivity contribution in [2.45, 2.75) is 19.3 Å². The van der Waals surface area contributed by atoms with Gasteiger partial charge in [-0.05, 0) is 61.2 Å². The van der Waals surface area contributed by atoms with Crippen molar-refractivity contribution in [2.75, 3.05) is 26.1 Å². The van der Waals surface area contributed by atoms with Crippen LogP contribution in [0.15, 0.2) is 42.5 Å². The van der Waals surface area contributed by atoms with Gasteiger partial charge in [-0.15, -0.1) is 0 Å². The van der Waals surface area contributed by atoms with Crippen molar-refractivity contribution in [3.8, 4) is 11.5 Å². The molecular formula is C21H23FN2O4. The maximum Gasteiger partial charge on any atom is 0.240 e. The van der Waals surface area contributed by atoms with Crippen molar-refractivity contribution in [3.05, 3.63) is 53.8 Å². The molecule has 0 spiro atoms. The highest BCUT2D eigenvalue weighted by Crippen LogP contribution is 2.46. The van der Waals surface area contributed by atoms with Gasteiger partial charge in [0, 0.05) is 12.2 Å². The molecule has 0 saturated heterocycles. The Morgan fingerprint density at radius 1 is 1.00 bits per heavy atom. The minimum Gasteiger partial charge on any atom is -0.493 e. The fourth-order valence-corrected chi connectivity index (χ4v) is 2.99. The van der Waals surface area contributed by atoms with E-state index in [1.807, 2.05) is 18.2 Å². The van der Waals surface area contributed by atoms with Gasteiger partial charge < -0.3 is 20.1 Å². The van der Waals surface area contributed by atoms with Gasteiger partial charge in [-0.2, -0.15) is 0 Å². The second-order valence-corrected chi connectivity index (χ2v) is 6.74. The molecule has 0 radical (unpaired) electrons. The van der Waals surface area contributed by atoms with Crippen LogP contribution in [-0.2, 0) is 16.0 Å². The molecule has 1 saturated carbocycles. The van der Waals surface area contributed by atoms with E-state index in [2.05, 4.69) is 10.6 Å². The zero-order valence-electron chi connectivity index (χ0n) is 15.9. The van der Waals surface area contributed by atoms with E-state index in [1.54, 1.807) is 14.2 Å². The Morgan fingerprint density at radius 3 is 2.29 bits per heavy atom. The van der Waals surface area contributed by atoms with Gasteiger partial charge in [-0.3, -0.25) is 9.59 Å². The average molecular weight is 386 g/mol. The molecule has 1 aliphatic rings. The van der Waals surface area contributed by atoms with Crippen molar-refractivity contribution < 1.29 is 23.5 Å². The SMILES string of the molecule is COc1ccc(CCNC(=O)C2(C(=O)Nc3ccc(F)cc3)CC2)cc1OC. The summed E-state index contributed by atoms with van der Waals surface area (Å²) in [6.07, 6.45) is 1.60. The number of rotatable bonds is 8. The number of methoxy groups -OCH3 is 2. The number of hydrogen-bond acceptors (Lipinski definition) is 4. The van der Waals surface area contributed by atoms with Crippen molar-refractivity contribution in [1.29, 1.82) is 0 Å². The first-order chi connectivity index (χ1) is 13.5. The number of carbonyl (C=O) groups excluding carboxylic acids is 2. The molecule has 2 amide bonds. The fourth-order valence-electron chi connectivity index (χ4n) is 2.99. The summed E-state index contributed by atoms with van der Waals surface area (Å²) in [5, 5.41) is 5.54. The second kappa shape index (κ2) is 8.29. The Labute approximate surface area is 163 Å². The number of carbonyl (C=O) groups is 2. The van der Waals surface area contributed by atoms with Crippen molar-refractivity contribution in [2.24, 2.45) is 5.41 Å². The molecule has 7 heteroatoms. The van der Waals surface area contributed by atoms with Gasteiger partial charge in [0.05, 0.1) is 14.2 Å². The van der Waals surface area contributed by atoms with Crippen LogP contribution < -0.4 is 20.1 Å². The third kappa shape index (κ3) is 4.24. The highest BCUT2D eigenvalue weighted by atomic mass is 19.1. The topological polar surface area (TPSA) is 76.7 Å². The van der Waals surface area contributed by atoms with Gasteiger partial charge in [-0.1, -0.05) is 6.07 Å². The zero-order valence-corrected chi connectivity index (χ0v) is 15.9. The van der Waals surface area contributed by atoms with Crippen molar-refractivity contribution in [1.82, 2.24) is 5.32 Å². The highest BCUT2D eigenvalue weighted by molar-refractivity contribution is 6.13. The van der Waals surface area contributed by atoms with Crippen molar-refractivity contribution in [3.63, 3.8) is 0 Å². The summed E-state index contributed by atoms with van der Waals surface area (Å²) >= 11 is 0. The number of benzene rings is 2. The van der Waals surface area contributed by atoms with E-state index in [1.165, 1.54) is 24.3 Å². The molecule has 1 fully saturated rings. The Hall–Kier alpha value is -3.09. The number of hydrogen-bond donors (Lipinski definition) is 2. The summed E-state index contributed by atoms with van der Waals surface area (Å²) in [4.78, 5) is 25.1. The van der Waals surface area contributed by atoms with Gasteiger partial charge >= 0.3 is 0 Å². The summed E-state index contributed by atoms with van der Waals surface area (Å²) in [6.45, 7) is 0.403. The summed E-state index contributed by atoms with van der Waals surface area (Å²) in [7, 11) is 3.14. The molecule has 2 aromatic rings. The lowest BCUT2D eigenvalue weighted by molar-refractivity contribution is -0.134. The minimum atomic E-state index is -1.04. The van der Waals surface area contributed by atoms with Crippen LogP contribution in [-0.4, -0.2) is 32.6 Å². The third-order valence-corrected chi connectivity index (χ3v) is 4.87. The Balaban J connectivity index is 1.54. The molecule has 0 atom stereocenters. The standard InChI is InChI=1S/C21H23FN2O4/c1-27-17-8-3-14(13-18(17)28-2)9-12-23-19(25)21(10-11-21)20(26)24-16-6-4-15(22)5-7-16/h3-8,13H,9-12H2,1-2H3,(H,23,25)(H,24,26). The van der Waals surface area contributed by atoms with E-state index in [4.69, 9.17) is 9.47 Å². The van der Waals surface area contributed by atoms with Gasteiger partial charge in [0.2, 0.25) is 11.8 Å². The van der Waals surface area contributed by atoms with Crippen molar-refractivity contribution >= 4 is 17.5 Å². The van der Waals surface area contributed by atoms with E-state index in [0.717, 1.165) is 5.56 Å². The van der Waals surface area contributed by atoms with E-state index in [-0.39, 0.29) is 17.6 Å². The lowest BCUT2D eigenvalue weighted by Crippen LogP contribution is -2.40. The monoisotopic (exact) mass is 386 g/mol. The van der Waals surface area contributed by atoms with Crippen LogP contribution in [0.4, 0.5) is 10.1 Å². The largest absolute Gasteiger partial charge is 0.493 e. The highest BCUT2D eigenvalue weighted by Gasteiger charge is 2.56. The number of nitrogens with one attached hydrogen (secondary N) is 2. The predicted molar refractivity (Wildman–Crippen MR) is 103 cm³/mol. The second-order valence-electron chi connectivity index (χ2n) is 6.74. The first-order valence-corrected chi connectivity index (χ1v) is 9.05. The van der Waals surface area contributed by atoms with E-state index >= 15 is 0 Å². The molecule has 0 heterocycles. The predicted octanol–water partition coefficient (Wildman–Crippen LogP) is 2.92. The molecule has 2 N–H and O–H groups in total. The Kier molecular flexibility index (Phi) is 5.82. The molecule has 0 aliphatic heterocycles. The number of anilines is 1. The van der Waals surface area contributed by atoms with Gasteiger partial charge in [0.1, 0.15) is 11.2 Å². The Bertz CT molecular complexity index is 863. The number of amides is 2. The first-order valence-electron chi connectivity index (χ1n) is 9.05. The van der Waals surface area contributed by atoms with Gasteiger partial charge in [0.25, 0.3) is 0 Å². The molecule has 0 unspecified atom stereocenters. The zero-order chi connectivity index (χ0) is 20.1. The van der Waals surface area contributed by atoms with Gasteiger partial charge in [-0.25, -0.2) is 4.39 Å². The summed E-state index contributed by atoms with van der Waals surface area (Å²) in [5.41, 5.74) is 0.417. The van der Waals surface area contributed by atoms with E-state index < -0.39 is 5.41 Å². The van der Waals surface area contributed by atoms with Gasteiger partial charge in [0.15, 0.2) is 11.5 Å². The maximum absolute atomic E-state index is 13.0. The molecule has 3 rings (SSSR count). The number of ether oxygens (including phenoxy) is 2. The molecule has 0 bridgehead atoms. The van der Waals surface area contributed by atoms with E-state index in [9.17, 15) is 14.0 Å². The summed E-state index contributed by atoms with van der Waals surface area (Å²) < 4.78 is 23.5. The molecule has 2 aromatic carbocycles. The fraction of sp³-hybridized carbons (Fsp3) is 0.333. The van der Waals surface area contributed by atoms with Crippen LogP contribution in [0.1, 0.15) is 18.4 Å². The van der Waals surface area contributed by atoms with Crippen LogP contribution in [0, 0.1) is 11.2 Å². The molecular weight excluding hydrogens is 363 g/mol. The first kappa shape index (κ1) is 19.7. The smallest absolute Gasteiger partial charge is 0.240 e. The quantitative estimate of drug-likeness (QED) is 0.684. The minimum absolute atomic E-state index is 0.285. The molecule has 28 heavy (non-hydrogen) atoms. The van der Waals surface area contributed by atoms with Crippen LogP contribution in [0.25, 0.3) is 0 Å². The number of halogens is 1. The normalized spacial score (nSPS) is 14.1. The summed E-state index contributed by atoms with van der Waals surface area (Å²) in [5.74, 6) is 0.246. The molecule has 0 aromatic heterocycles. The lowest BCUT2D eigenvalue weighted by atomic mass is 10.0.